The zero-order chi connectivity index (χ0) is 23.5. The predicted octanol–water partition coefficient (Wildman–Crippen LogP) is 4.63. The maximum atomic E-state index is 12.7. The van der Waals surface area contributed by atoms with E-state index in [-0.39, 0.29) is 16.2 Å². The Morgan fingerprint density at radius 3 is 2.64 bits per heavy atom. The van der Waals surface area contributed by atoms with E-state index in [1.807, 2.05) is 13.0 Å². The number of aromatic carboxylic acids is 1. The number of hydrogen-bond donors (Lipinski definition) is 2. The molecule has 166 valence electrons. The Morgan fingerprint density at radius 1 is 1.09 bits per heavy atom. The molecule has 1 aliphatic rings. The third kappa shape index (κ3) is 4.88. The molecule has 4 rings (SSSR count). The molecule has 0 unspecified atom stereocenters. The Morgan fingerprint density at radius 2 is 1.88 bits per heavy atom. The summed E-state index contributed by atoms with van der Waals surface area (Å²) in [7, 11) is 0. The fourth-order valence-corrected chi connectivity index (χ4v) is 4.11. The van der Waals surface area contributed by atoms with Crippen molar-refractivity contribution in [2.24, 2.45) is 0 Å². The number of thioether (sulfide) groups is 1. The number of imide groups is 1. The van der Waals surface area contributed by atoms with E-state index in [0.29, 0.717) is 28.8 Å². The highest BCUT2D eigenvalue weighted by atomic mass is 32.2. The summed E-state index contributed by atoms with van der Waals surface area (Å²) in [5.74, 6) is -1.59. The highest BCUT2D eigenvalue weighted by molar-refractivity contribution is 8.18. The van der Waals surface area contributed by atoms with E-state index in [1.165, 1.54) is 12.1 Å². The monoisotopic (exact) mass is 462 g/mol. The van der Waals surface area contributed by atoms with Crippen molar-refractivity contribution in [3.05, 3.63) is 82.5 Å². The average molecular weight is 462 g/mol. The number of carbonyl (C=O) groups is 4. The van der Waals surface area contributed by atoms with Crippen LogP contribution in [0, 0.1) is 6.92 Å². The molecule has 1 aromatic heterocycles. The number of carboxylic acid groups (broad SMARTS) is 1. The Hall–Kier alpha value is -4.11. The molecule has 1 fully saturated rings. The van der Waals surface area contributed by atoms with Gasteiger partial charge in [-0.2, -0.15) is 0 Å². The first-order valence-corrected chi connectivity index (χ1v) is 10.7. The highest BCUT2D eigenvalue weighted by Crippen LogP contribution is 2.33. The van der Waals surface area contributed by atoms with Gasteiger partial charge >= 0.3 is 5.97 Å². The van der Waals surface area contributed by atoms with E-state index >= 15 is 0 Å². The number of anilines is 1. The second-order valence-electron chi connectivity index (χ2n) is 7.24. The van der Waals surface area contributed by atoms with Crippen LogP contribution in [0.25, 0.3) is 17.4 Å². The van der Waals surface area contributed by atoms with Gasteiger partial charge in [0.15, 0.2) is 0 Å². The van der Waals surface area contributed by atoms with Gasteiger partial charge in [0, 0.05) is 17.3 Å². The van der Waals surface area contributed by atoms with Crippen LogP contribution in [0.5, 0.6) is 0 Å². The summed E-state index contributed by atoms with van der Waals surface area (Å²) in [6.45, 7) is 1.47. The van der Waals surface area contributed by atoms with Crippen molar-refractivity contribution in [1.82, 2.24) is 4.90 Å². The normalized spacial score (nSPS) is 14.7. The molecule has 1 saturated heterocycles. The number of nitrogens with one attached hydrogen (secondary N) is 1. The first kappa shape index (κ1) is 22.1. The van der Waals surface area contributed by atoms with Gasteiger partial charge in [0.1, 0.15) is 18.1 Å². The smallest absolute Gasteiger partial charge is 0.336 e. The van der Waals surface area contributed by atoms with Gasteiger partial charge in [-0.3, -0.25) is 19.3 Å². The van der Waals surface area contributed by atoms with E-state index in [1.54, 1.807) is 48.5 Å². The van der Waals surface area contributed by atoms with Gasteiger partial charge in [0.25, 0.3) is 11.1 Å². The van der Waals surface area contributed by atoms with Crippen molar-refractivity contribution in [1.29, 1.82) is 0 Å². The SMILES string of the molecule is Cc1cccc(NC(=O)CN2C(=O)S/C(=C\c3ccc(-c4ccccc4C(=O)O)o3)C2=O)c1. The van der Waals surface area contributed by atoms with Gasteiger partial charge in [-0.1, -0.05) is 30.3 Å². The first-order valence-electron chi connectivity index (χ1n) is 9.86. The van der Waals surface area contributed by atoms with Crippen LogP contribution in [0.2, 0.25) is 0 Å². The molecule has 3 aromatic rings. The van der Waals surface area contributed by atoms with Gasteiger partial charge in [-0.15, -0.1) is 0 Å². The lowest BCUT2D eigenvalue weighted by atomic mass is 10.1. The third-order valence-electron chi connectivity index (χ3n) is 4.80. The number of carboxylic acids is 1. The number of carbonyl (C=O) groups excluding carboxylic acids is 3. The van der Waals surface area contributed by atoms with Gasteiger partial charge in [-0.05, 0) is 54.6 Å². The van der Waals surface area contributed by atoms with Crippen molar-refractivity contribution >= 4 is 46.5 Å². The van der Waals surface area contributed by atoms with Gasteiger partial charge in [0.2, 0.25) is 5.91 Å². The molecule has 2 heterocycles. The molecule has 0 spiro atoms. The molecular formula is C24H18N2O6S. The van der Waals surface area contributed by atoms with Crippen LogP contribution in [-0.2, 0) is 9.59 Å². The zero-order valence-electron chi connectivity index (χ0n) is 17.4. The summed E-state index contributed by atoms with van der Waals surface area (Å²) in [5.41, 5.74) is 2.02. The van der Waals surface area contributed by atoms with Crippen molar-refractivity contribution < 1.29 is 28.7 Å². The minimum atomic E-state index is -1.09. The number of benzene rings is 2. The number of nitrogens with zero attached hydrogens (tertiary/aromatic N) is 1. The molecule has 0 saturated carbocycles. The van der Waals surface area contributed by atoms with Gasteiger partial charge in [-0.25, -0.2) is 4.79 Å². The summed E-state index contributed by atoms with van der Waals surface area (Å²) >= 11 is 0.705. The number of amides is 3. The van der Waals surface area contributed by atoms with Crippen molar-refractivity contribution in [2.45, 2.75) is 6.92 Å². The summed E-state index contributed by atoms with van der Waals surface area (Å²) in [5, 5.41) is 11.5. The van der Waals surface area contributed by atoms with Crippen molar-refractivity contribution in [3.8, 4) is 11.3 Å². The average Bonchev–Trinajstić information content (AvgIpc) is 3.34. The Kier molecular flexibility index (Phi) is 6.14. The predicted molar refractivity (Wildman–Crippen MR) is 124 cm³/mol. The fraction of sp³-hybridized carbons (Fsp3) is 0.0833. The minimum absolute atomic E-state index is 0.0818. The quantitative estimate of drug-likeness (QED) is 0.513. The topological polar surface area (TPSA) is 117 Å². The molecule has 9 heteroatoms. The summed E-state index contributed by atoms with van der Waals surface area (Å²) in [6.07, 6.45) is 1.40. The standard InChI is InChI=1S/C24H18N2O6S/c1-14-5-4-6-15(11-14)25-21(27)13-26-22(28)20(33-24(26)31)12-16-9-10-19(32-16)17-7-2-3-8-18(17)23(29)30/h2-12H,13H2,1H3,(H,25,27)(H,29,30)/b20-12-. The van der Waals surface area contributed by atoms with Crippen LogP contribution < -0.4 is 5.32 Å². The van der Waals surface area contributed by atoms with E-state index in [0.717, 1.165) is 10.5 Å². The van der Waals surface area contributed by atoms with Crippen LogP contribution in [-0.4, -0.2) is 39.6 Å². The second-order valence-corrected chi connectivity index (χ2v) is 8.23. The largest absolute Gasteiger partial charge is 0.478 e. The molecule has 2 aromatic carbocycles. The van der Waals surface area contributed by atoms with Crippen LogP contribution >= 0.6 is 11.8 Å². The van der Waals surface area contributed by atoms with Gasteiger partial charge in [0.05, 0.1) is 10.5 Å². The lowest BCUT2D eigenvalue weighted by Gasteiger charge is -2.12. The van der Waals surface area contributed by atoms with E-state index in [4.69, 9.17) is 4.42 Å². The fourth-order valence-electron chi connectivity index (χ4n) is 3.29. The van der Waals surface area contributed by atoms with E-state index in [2.05, 4.69) is 5.32 Å². The zero-order valence-corrected chi connectivity index (χ0v) is 18.2. The molecular weight excluding hydrogens is 444 g/mol. The van der Waals surface area contributed by atoms with Crippen LogP contribution in [0.3, 0.4) is 0 Å². The molecule has 2 N–H and O–H groups in total. The summed E-state index contributed by atoms with van der Waals surface area (Å²) < 4.78 is 5.70. The number of hydrogen-bond acceptors (Lipinski definition) is 6. The lowest BCUT2D eigenvalue weighted by Crippen LogP contribution is -2.36. The molecule has 33 heavy (non-hydrogen) atoms. The molecule has 0 atom stereocenters. The number of aryl methyl sites for hydroxylation is 1. The third-order valence-corrected chi connectivity index (χ3v) is 5.71. The van der Waals surface area contributed by atoms with Crippen LogP contribution in [0.1, 0.15) is 21.7 Å². The van der Waals surface area contributed by atoms with Crippen LogP contribution in [0.4, 0.5) is 10.5 Å². The lowest BCUT2D eigenvalue weighted by molar-refractivity contribution is -0.127. The number of furan rings is 1. The van der Waals surface area contributed by atoms with E-state index < -0.39 is 29.6 Å². The Labute approximate surface area is 192 Å². The van der Waals surface area contributed by atoms with Crippen molar-refractivity contribution in [2.75, 3.05) is 11.9 Å². The van der Waals surface area contributed by atoms with Crippen LogP contribution in [0.15, 0.2) is 70.0 Å². The second kappa shape index (κ2) is 9.17. The highest BCUT2D eigenvalue weighted by Gasteiger charge is 2.36. The molecule has 0 radical (unpaired) electrons. The Balaban J connectivity index is 1.48. The maximum Gasteiger partial charge on any atom is 0.336 e. The molecule has 3 amide bonds. The molecule has 0 aliphatic carbocycles. The molecule has 8 nitrogen and oxygen atoms in total. The van der Waals surface area contributed by atoms with E-state index in [9.17, 15) is 24.3 Å². The molecule has 0 bridgehead atoms. The summed E-state index contributed by atoms with van der Waals surface area (Å²) in [6, 6.07) is 16.7. The minimum Gasteiger partial charge on any atom is -0.478 e. The first-order chi connectivity index (χ1) is 15.8. The number of rotatable bonds is 6. The maximum absolute atomic E-state index is 12.7. The summed E-state index contributed by atoms with van der Waals surface area (Å²) in [4.78, 5) is 49.8. The van der Waals surface area contributed by atoms with Gasteiger partial charge < -0.3 is 14.8 Å². The Bertz CT molecular complexity index is 1310. The van der Waals surface area contributed by atoms with Crippen molar-refractivity contribution in [3.63, 3.8) is 0 Å². The molecule has 1 aliphatic heterocycles.